The lowest BCUT2D eigenvalue weighted by Gasteiger charge is -2.16. The van der Waals surface area contributed by atoms with Gasteiger partial charge < -0.3 is 5.32 Å². The van der Waals surface area contributed by atoms with Crippen molar-refractivity contribution in [2.75, 3.05) is 7.05 Å². The predicted octanol–water partition coefficient (Wildman–Crippen LogP) is 4.01. The van der Waals surface area contributed by atoms with E-state index in [2.05, 4.69) is 17.4 Å². The summed E-state index contributed by atoms with van der Waals surface area (Å²) < 4.78 is 14.0. The van der Waals surface area contributed by atoms with Gasteiger partial charge in [-0.3, -0.25) is 0 Å². The molecule has 0 amide bonds. The Labute approximate surface area is 113 Å². The van der Waals surface area contributed by atoms with E-state index in [0.29, 0.717) is 5.56 Å². The summed E-state index contributed by atoms with van der Waals surface area (Å²) in [6.07, 6.45) is 2.31. The van der Waals surface area contributed by atoms with E-state index in [1.54, 1.807) is 12.1 Å². The van der Waals surface area contributed by atoms with Gasteiger partial charge in [0, 0.05) is 11.1 Å². The summed E-state index contributed by atoms with van der Waals surface area (Å²) in [5.74, 6) is -0.156. The molecule has 0 radical (unpaired) electrons. The van der Waals surface area contributed by atoms with Crippen molar-refractivity contribution < 1.29 is 4.39 Å². The lowest BCUT2D eigenvalue weighted by Crippen LogP contribution is -2.24. The van der Waals surface area contributed by atoms with Gasteiger partial charge in [0.2, 0.25) is 0 Å². The molecule has 2 heteroatoms. The van der Waals surface area contributed by atoms with Crippen molar-refractivity contribution in [2.45, 2.75) is 25.3 Å². The van der Waals surface area contributed by atoms with Crippen molar-refractivity contribution in [2.24, 2.45) is 0 Å². The maximum Gasteiger partial charge on any atom is 0.131 e. The lowest BCUT2D eigenvalue weighted by molar-refractivity contribution is 0.585. The van der Waals surface area contributed by atoms with Gasteiger partial charge in [-0.25, -0.2) is 4.39 Å². The van der Waals surface area contributed by atoms with Crippen LogP contribution in [0.25, 0.3) is 11.1 Å². The average molecular weight is 255 g/mol. The number of benzene rings is 2. The maximum absolute atomic E-state index is 14.0. The Morgan fingerprint density at radius 2 is 1.89 bits per heavy atom. The molecule has 19 heavy (non-hydrogen) atoms. The molecule has 0 aromatic heterocycles. The lowest BCUT2D eigenvalue weighted by atomic mass is 9.97. The van der Waals surface area contributed by atoms with Crippen LogP contribution < -0.4 is 5.32 Å². The summed E-state index contributed by atoms with van der Waals surface area (Å²) >= 11 is 0. The molecule has 0 bridgehead atoms. The topological polar surface area (TPSA) is 12.0 Å². The van der Waals surface area contributed by atoms with Gasteiger partial charge >= 0.3 is 0 Å². The van der Waals surface area contributed by atoms with Crippen LogP contribution in [-0.4, -0.2) is 7.05 Å². The number of aryl methyl sites for hydroxylation is 1. The zero-order valence-corrected chi connectivity index (χ0v) is 11.3. The summed E-state index contributed by atoms with van der Waals surface area (Å²) in [6.45, 7) is 1.99. The SMILES string of the molecule is CNC1(c2cccc(-c3cc(C)ccc3F)c2)CC1. The van der Waals surface area contributed by atoms with Gasteiger partial charge in [-0.15, -0.1) is 0 Å². The summed E-state index contributed by atoms with van der Waals surface area (Å²) in [6, 6.07) is 13.5. The first kappa shape index (κ1) is 12.4. The second-order valence-corrected chi connectivity index (χ2v) is 5.40. The highest BCUT2D eigenvalue weighted by atomic mass is 19.1. The van der Waals surface area contributed by atoms with E-state index in [4.69, 9.17) is 0 Å². The quantitative estimate of drug-likeness (QED) is 0.873. The molecule has 0 spiro atoms. The molecule has 0 heterocycles. The van der Waals surface area contributed by atoms with E-state index in [9.17, 15) is 4.39 Å². The largest absolute Gasteiger partial charge is 0.310 e. The van der Waals surface area contributed by atoms with E-state index >= 15 is 0 Å². The molecule has 0 aliphatic heterocycles. The van der Waals surface area contributed by atoms with Crippen molar-refractivity contribution in [1.29, 1.82) is 0 Å². The molecule has 98 valence electrons. The van der Waals surface area contributed by atoms with E-state index in [-0.39, 0.29) is 11.4 Å². The van der Waals surface area contributed by atoms with Crippen LogP contribution >= 0.6 is 0 Å². The Morgan fingerprint density at radius 3 is 2.58 bits per heavy atom. The number of hydrogen-bond donors (Lipinski definition) is 1. The van der Waals surface area contributed by atoms with Crippen molar-refractivity contribution in [3.63, 3.8) is 0 Å². The van der Waals surface area contributed by atoms with Crippen molar-refractivity contribution >= 4 is 0 Å². The first-order chi connectivity index (χ1) is 9.14. The number of rotatable bonds is 3. The summed E-state index contributed by atoms with van der Waals surface area (Å²) in [5, 5.41) is 3.38. The van der Waals surface area contributed by atoms with E-state index in [1.807, 2.05) is 32.2 Å². The van der Waals surface area contributed by atoms with Crippen molar-refractivity contribution in [3.8, 4) is 11.1 Å². The molecule has 2 aromatic rings. The highest BCUT2D eigenvalue weighted by Crippen LogP contribution is 2.45. The fourth-order valence-corrected chi connectivity index (χ4v) is 2.65. The maximum atomic E-state index is 14.0. The van der Waals surface area contributed by atoms with Gasteiger partial charge in [0.15, 0.2) is 0 Å². The molecule has 1 aliphatic carbocycles. The molecular weight excluding hydrogens is 237 g/mol. The summed E-state index contributed by atoms with van der Waals surface area (Å²) in [4.78, 5) is 0. The monoisotopic (exact) mass is 255 g/mol. The van der Waals surface area contributed by atoms with Gasteiger partial charge in [0.1, 0.15) is 5.82 Å². The highest BCUT2D eigenvalue weighted by molar-refractivity contribution is 5.66. The predicted molar refractivity (Wildman–Crippen MR) is 76.5 cm³/mol. The highest BCUT2D eigenvalue weighted by Gasteiger charge is 2.42. The Balaban J connectivity index is 2.06. The third kappa shape index (κ3) is 2.17. The smallest absolute Gasteiger partial charge is 0.131 e. The van der Waals surface area contributed by atoms with Crippen LogP contribution in [0.3, 0.4) is 0 Å². The van der Waals surface area contributed by atoms with Crippen LogP contribution in [0, 0.1) is 12.7 Å². The van der Waals surface area contributed by atoms with Gasteiger partial charge in [-0.05, 0) is 56.1 Å². The number of halogens is 1. The van der Waals surface area contributed by atoms with E-state index < -0.39 is 0 Å². The second-order valence-electron chi connectivity index (χ2n) is 5.40. The number of nitrogens with one attached hydrogen (secondary N) is 1. The Kier molecular flexibility index (Phi) is 2.90. The first-order valence-corrected chi connectivity index (χ1v) is 6.71. The Morgan fingerprint density at radius 1 is 1.11 bits per heavy atom. The van der Waals surface area contributed by atoms with Gasteiger partial charge in [0.05, 0.1) is 0 Å². The molecule has 1 aliphatic rings. The molecule has 3 rings (SSSR count). The molecule has 1 fully saturated rings. The third-order valence-corrected chi connectivity index (χ3v) is 4.08. The zero-order valence-electron chi connectivity index (χ0n) is 11.3. The van der Waals surface area contributed by atoms with Crippen LogP contribution in [0.15, 0.2) is 42.5 Å². The van der Waals surface area contributed by atoms with Crippen LogP contribution in [0.4, 0.5) is 4.39 Å². The van der Waals surface area contributed by atoms with Crippen LogP contribution in [0.1, 0.15) is 24.0 Å². The molecule has 0 saturated heterocycles. The van der Waals surface area contributed by atoms with Crippen LogP contribution in [-0.2, 0) is 5.54 Å². The fraction of sp³-hybridized carbons (Fsp3) is 0.294. The summed E-state index contributed by atoms with van der Waals surface area (Å²) in [7, 11) is 1.99. The third-order valence-electron chi connectivity index (χ3n) is 4.08. The van der Waals surface area contributed by atoms with E-state index in [0.717, 1.165) is 24.0 Å². The van der Waals surface area contributed by atoms with Gasteiger partial charge in [0.25, 0.3) is 0 Å². The van der Waals surface area contributed by atoms with E-state index in [1.165, 1.54) is 5.56 Å². The zero-order chi connectivity index (χ0) is 13.5. The standard InChI is InChI=1S/C17H18FN/c1-12-6-7-16(18)15(10-12)13-4-3-5-14(11-13)17(19-2)8-9-17/h3-7,10-11,19H,8-9H2,1-2H3. The molecular formula is C17H18FN. The summed E-state index contributed by atoms with van der Waals surface area (Å²) in [5.41, 5.74) is 4.11. The Hall–Kier alpha value is -1.67. The molecule has 0 atom stereocenters. The minimum atomic E-state index is -0.156. The molecule has 1 nitrogen and oxygen atoms in total. The molecule has 2 aromatic carbocycles. The minimum Gasteiger partial charge on any atom is -0.310 e. The van der Waals surface area contributed by atoms with Gasteiger partial charge in [-0.2, -0.15) is 0 Å². The second kappa shape index (κ2) is 4.46. The average Bonchev–Trinajstić information content (AvgIpc) is 3.23. The van der Waals surface area contributed by atoms with Crippen molar-refractivity contribution in [1.82, 2.24) is 5.32 Å². The fourth-order valence-electron chi connectivity index (χ4n) is 2.65. The molecule has 1 saturated carbocycles. The van der Waals surface area contributed by atoms with Crippen LogP contribution in [0.5, 0.6) is 0 Å². The first-order valence-electron chi connectivity index (χ1n) is 6.71. The van der Waals surface area contributed by atoms with Crippen LogP contribution in [0.2, 0.25) is 0 Å². The van der Waals surface area contributed by atoms with Gasteiger partial charge in [-0.1, -0.05) is 29.8 Å². The molecule has 1 N–H and O–H groups in total. The minimum absolute atomic E-state index is 0.121. The number of hydrogen-bond acceptors (Lipinski definition) is 1. The van der Waals surface area contributed by atoms with Crippen molar-refractivity contribution in [3.05, 3.63) is 59.4 Å². The normalized spacial score (nSPS) is 16.4. The Bertz CT molecular complexity index is 614. The molecule has 0 unspecified atom stereocenters.